The maximum absolute atomic E-state index is 13.1. The van der Waals surface area contributed by atoms with Gasteiger partial charge >= 0.3 is 0 Å². The summed E-state index contributed by atoms with van der Waals surface area (Å²) in [6.07, 6.45) is -4.17. The summed E-state index contributed by atoms with van der Waals surface area (Å²) in [4.78, 5) is 37.2. The molecular weight excluding hydrogens is 490 g/mol. The number of benzene rings is 2. The van der Waals surface area contributed by atoms with E-state index in [1.165, 1.54) is 4.68 Å². The third-order valence-electron chi connectivity index (χ3n) is 6.59. The van der Waals surface area contributed by atoms with Gasteiger partial charge in [0.25, 0.3) is 5.91 Å². The van der Waals surface area contributed by atoms with Gasteiger partial charge in [0.2, 0.25) is 5.91 Å². The summed E-state index contributed by atoms with van der Waals surface area (Å²) in [6.45, 7) is 1.64. The van der Waals surface area contributed by atoms with Gasteiger partial charge in [-0.1, -0.05) is 72.8 Å². The number of primary amides is 1. The van der Waals surface area contributed by atoms with E-state index >= 15 is 0 Å². The van der Waals surface area contributed by atoms with Crippen LogP contribution in [-0.4, -0.2) is 67.7 Å². The number of nitrogens with two attached hydrogens (primary N) is 1. The van der Waals surface area contributed by atoms with Gasteiger partial charge in [-0.05, 0) is 12.0 Å². The lowest BCUT2D eigenvalue weighted by atomic mass is 9.92. The molecule has 200 valence electrons. The summed E-state index contributed by atoms with van der Waals surface area (Å²) in [5.74, 6) is -1.79. The molecule has 5 N–H and O–H groups in total. The van der Waals surface area contributed by atoms with Gasteiger partial charge in [0, 0.05) is 30.9 Å². The van der Waals surface area contributed by atoms with Crippen LogP contribution in [0, 0.1) is 5.92 Å². The first-order chi connectivity index (χ1) is 18.3. The third kappa shape index (κ3) is 5.96. The number of hydrogen-bond donors (Lipinski definition) is 4. The van der Waals surface area contributed by atoms with Crippen molar-refractivity contribution < 1.29 is 29.3 Å². The van der Waals surface area contributed by atoms with Gasteiger partial charge in [0.1, 0.15) is 29.8 Å². The van der Waals surface area contributed by atoms with Crippen LogP contribution in [-0.2, 0) is 20.7 Å². The molecule has 1 saturated heterocycles. The van der Waals surface area contributed by atoms with Crippen molar-refractivity contribution in [1.82, 2.24) is 20.3 Å². The third-order valence-corrected chi connectivity index (χ3v) is 6.59. The molecule has 4 rings (SSSR count). The second kappa shape index (κ2) is 12.1. The average Bonchev–Trinajstić information content (AvgIpc) is 3.49. The summed E-state index contributed by atoms with van der Waals surface area (Å²) in [5.41, 5.74) is 7.10. The van der Waals surface area contributed by atoms with Crippen LogP contribution in [0.4, 0.5) is 0 Å². The van der Waals surface area contributed by atoms with E-state index in [4.69, 9.17) is 10.5 Å². The quantitative estimate of drug-likeness (QED) is 0.290. The minimum Gasteiger partial charge on any atom is -0.387 e. The largest absolute Gasteiger partial charge is 0.387 e. The Morgan fingerprint density at radius 2 is 1.71 bits per heavy atom. The van der Waals surface area contributed by atoms with Crippen molar-refractivity contribution in [3.05, 3.63) is 71.9 Å². The van der Waals surface area contributed by atoms with Gasteiger partial charge in [-0.15, -0.1) is 5.10 Å². The van der Waals surface area contributed by atoms with Gasteiger partial charge in [0.05, 0.1) is 0 Å². The van der Waals surface area contributed by atoms with Crippen molar-refractivity contribution in [2.24, 2.45) is 11.7 Å². The molecule has 11 heteroatoms. The first kappa shape index (κ1) is 27.1. The Bertz CT molecular complexity index is 1270. The van der Waals surface area contributed by atoms with Gasteiger partial charge in [-0.25, -0.2) is 4.68 Å². The average molecular weight is 522 g/mol. The van der Waals surface area contributed by atoms with E-state index in [-0.39, 0.29) is 36.0 Å². The number of carbonyl (C=O) groups is 3. The van der Waals surface area contributed by atoms with Crippen molar-refractivity contribution in [2.45, 2.75) is 50.7 Å². The zero-order valence-electron chi connectivity index (χ0n) is 20.9. The van der Waals surface area contributed by atoms with Crippen LogP contribution in [0.25, 0.3) is 11.3 Å². The van der Waals surface area contributed by atoms with Crippen LogP contribution >= 0.6 is 0 Å². The second-order valence-corrected chi connectivity index (χ2v) is 9.24. The monoisotopic (exact) mass is 521 g/mol. The number of aliphatic hydroxyl groups is 2. The highest BCUT2D eigenvalue weighted by atomic mass is 16.6. The van der Waals surface area contributed by atoms with Crippen LogP contribution in [0.3, 0.4) is 0 Å². The molecule has 0 unspecified atom stereocenters. The number of ether oxygens (including phenoxy) is 1. The molecule has 2 heterocycles. The molecule has 5 atom stereocenters. The number of amides is 2. The van der Waals surface area contributed by atoms with Crippen molar-refractivity contribution >= 4 is 17.6 Å². The molecule has 1 aliphatic heterocycles. The molecule has 2 amide bonds. The first-order valence-corrected chi connectivity index (χ1v) is 12.5. The summed E-state index contributed by atoms with van der Waals surface area (Å²) in [5, 5.41) is 32.1. The Hall–Kier alpha value is -3.93. The smallest absolute Gasteiger partial charge is 0.271 e. The van der Waals surface area contributed by atoms with Gasteiger partial charge in [-0.3, -0.25) is 14.4 Å². The van der Waals surface area contributed by atoms with Gasteiger partial charge in [-0.2, -0.15) is 0 Å². The molecule has 0 saturated carbocycles. The Morgan fingerprint density at radius 1 is 1.05 bits per heavy atom. The number of ketones is 1. The fourth-order valence-electron chi connectivity index (χ4n) is 4.52. The maximum Gasteiger partial charge on any atom is 0.271 e. The molecule has 1 fully saturated rings. The molecule has 38 heavy (non-hydrogen) atoms. The number of nitrogens with zero attached hydrogens (tertiary/aromatic N) is 3. The number of aromatic nitrogens is 3. The molecular formula is C27H31N5O6. The van der Waals surface area contributed by atoms with Crippen LogP contribution in [0.5, 0.6) is 0 Å². The number of carbonyl (C=O) groups excluding carboxylic acids is 3. The molecule has 1 aromatic heterocycles. The number of nitrogens with one attached hydrogen (secondary N) is 1. The maximum atomic E-state index is 13.1. The molecule has 0 bridgehead atoms. The standard InChI is InChI=1S/C27H31N5O6/c1-2-19(33)14-18(13-16-9-5-3-6-10-16)26(37)29-15-20-23(34)24(35)27(38-20)32-22(17-11-7-4-8-12-17)21(25(28)36)30-31-32/h3-12,18,20,23-24,27,34-35H,2,13-15H2,1H3,(H2,28,36)(H,29,37)/t18-,20-,23-,24-,27-/m1/s1. The lowest BCUT2D eigenvalue weighted by Crippen LogP contribution is -2.42. The minimum atomic E-state index is -1.43. The van der Waals surface area contributed by atoms with E-state index < -0.39 is 36.4 Å². The molecule has 1 aliphatic rings. The van der Waals surface area contributed by atoms with E-state index in [2.05, 4.69) is 15.6 Å². The molecule has 0 radical (unpaired) electrons. The van der Waals surface area contributed by atoms with Crippen LogP contribution in [0.1, 0.15) is 42.0 Å². The zero-order chi connectivity index (χ0) is 27.2. The number of rotatable bonds is 11. The van der Waals surface area contributed by atoms with E-state index in [0.29, 0.717) is 18.4 Å². The number of Topliss-reactive ketones (excluding diaryl/α,β-unsaturated/α-hetero) is 1. The SMILES string of the molecule is CCC(=O)C[C@@H](Cc1ccccc1)C(=O)NC[C@H]1O[C@@H](n2nnc(C(N)=O)c2-c2ccccc2)[C@H](O)[C@@H]1O. The lowest BCUT2D eigenvalue weighted by molar-refractivity contribution is -0.130. The molecule has 0 aliphatic carbocycles. The van der Waals surface area contributed by atoms with E-state index in [0.717, 1.165) is 5.56 Å². The van der Waals surface area contributed by atoms with Gasteiger partial charge in [0.15, 0.2) is 11.9 Å². The van der Waals surface area contributed by atoms with Crippen LogP contribution in [0.2, 0.25) is 0 Å². The normalized spacial score (nSPS) is 21.7. The van der Waals surface area contributed by atoms with Gasteiger partial charge < -0.3 is 26.0 Å². The molecule has 3 aromatic rings. The molecule has 11 nitrogen and oxygen atoms in total. The fraction of sp³-hybridized carbons (Fsp3) is 0.370. The van der Waals surface area contributed by atoms with Crippen LogP contribution < -0.4 is 11.1 Å². The molecule has 0 spiro atoms. The van der Waals surface area contributed by atoms with E-state index in [9.17, 15) is 24.6 Å². The van der Waals surface area contributed by atoms with E-state index in [1.807, 2.05) is 30.3 Å². The lowest BCUT2D eigenvalue weighted by Gasteiger charge is -2.20. The highest BCUT2D eigenvalue weighted by Gasteiger charge is 2.45. The Kier molecular flexibility index (Phi) is 8.62. The topological polar surface area (TPSA) is 170 Å². The predicted molar refractivity (Wildman–Crippen MR) is 136 cm³/mol. The van der Waals surface area contributed by atoms with Crippen molar-refractivity contribution in [2.75, 3.05) is 6.54 Å². The summed E-state index contributed by atoms with van der Waals surface area (Å²) in [7, 11) is 0. The number of aliphatic hydroxyl groups excluding tert-OH is 2. The van der Waals surface area contributed by atoms with Crippen molar-refractivity contribution in [3.63, 3.8) is 0 Å². The van der Waals surface area contributed by atoms with Crippen molar-refractivity contribution in [1.29, 1.82) is 0 Å². The van der Waals surface area contributed by atoms with Crippen molar-refractivity contribution in [3.8, 4) is 11.3 Å². The minimum absolute atomic E-state index is 0.0291. The second-order valence-electron chi connectivity index (χ2n) is 9.24. The summed E-state index contributed by atoms with van der Waals surface area (Å²) >= 11 is 0. The highest BCUT2D eigenvalue weighted by Crippen LogP contribution is 2.33. The Labute approximate surface area is 219 Å². The fourth-order valence-corrected chi connectivity index (χ4v) is 4.52. The summed E-state index contributed by atoms with van der Waals surface area (Å²) in [6, 6.07) is 18.2. The first-order valence-electron chi connectivity index (χ1n) is 12.5. The van der Waals surface area contributed by atoms with Crippen LogP contribution in [0.15, 0.2) is 60.7 Å². The zero-order valence-corrected chi connectivity index (χ0v) is 20.9. The highest BCUT2D eigenvalue weighted by molar-refractivity contribution is 5.96. The predicted octanol–water partition coefficient (Wildman–Crippen LogP) is 1.01. The molecule has 2 aromatic carbocycles. The number of hydrogen-bond acceptors (Lipinski definition) is 8. The summed E-state index contributed by atoms with van der Waals surface area (Å²) < 4.78 is 7.12. The Balaban J connectivity index is 1.49. The van der Waals surface area contributed by atoms with E-state index in [1.54, 1.807) is 37.3 Å². The Morgan fingerprint density at radius 3 is 2.34 bits per heavy atom.